The van der Waals surface area contributed by atoms with Gasteiger partial charge >= 0.3 is 0 Å². The number of hydrogen-bond donors (Lipinski definition) is 1. The Morgan fingerprint density at radius 3 is 2.66 bits per heavy atom. The van der Waals surface area contributed by atoms with E-state index in [0.29, 0.717) is 23.2 Å². The number of nitrogens with one attached hydrogen (secondary N) is 1. The SMILES string of the molecule is Cc1ccc(C(C)C)c(OCC(=O)N/N=C/c2ccc(-c3ccc(F)cc3)o2)c1. The Morgan fingerprint density at radius 1 is 1.17 bits per heavy atom. The zero-order chi connectivity index (χ0) is 20.8. The third-order valence-electron chi connectivity index (χ3n) is 4.29. The molecule has 1 amide bonds. The van der Waals surface area contributed by atoms with Gasteiger partial charge in [-0.1, -0.05) is 26.0 Å². The van der Waals surface area contributed by atoms with Gasteiger partial charge in [0.05, 0.1) is 6.21 Å². The standard InChI is InChI=1S/C23H23FN2O3/c1-15(2)20-10-4-16(3)12-22(20)28-14-23(27)26-25-13-19-9-11-21(29-19)17-5-7-18(24)8-6-17/h4-13,15H,14H2,1-3H3,(H,26,27)/b25-13+. The Bertz CT molecular complexity index is 1010. The molecule has 3 aromatic rings. The number of ether oxygens (including phenoxy) is 1. The van der Waals surface area contributed by atoms with Crippen LogP contribution < -0.4 is 10.2 Å². The molecule has 150 valence electrons. The summed E-state index contributed by atoms with van der Waals surface area (Å²) in [6, 6.07) is 15.4. The van der Waals surface area contributed by atoms with Gasteiger partial charge in [0.2, 0.25) is 0 Å². The van der Waals surface area contributed by atoms with Crippen LogP contribution in [0.2, 0.25) is 0 Å². The van der Waals surface area contributed by atoms with E-state index in [4.69, 9.17) is 9.15 Å². The summed E-state index contributed by atoms with van der Waals surface area (Å²) in [5.74, 6) is 1.36. The first-order valence-electron chi connectivity index (χ1n) is 9.33. The van der Waals surface area contributed by atoms with Crippen LogP contribution in [0.1, 0.15) is 36.7 Å². The molecule has 2 aromatic carbocycles. The van der Waals surface area contributed by atoms with Crippen molar-refractivity contribution in [2.45, 2.75) is 26.7 Å². The number of rotatable bonds is 7. The highest BCUT2D eigenvalue weighted by Gasteiger charge is 2.10. The molecule has 0 aliphatic heterocycles. The second-order valence-corrected chi connectivity index (χ2v) is 6.99. The zero-order valence-corrected chi connectivity index (χ0v) is 16.6. The molecule has 0 aliphatic carbocycles. The topological polar surface area (TPSA) is 63.8 Å². The Morgan fingerprint density at radius 2 is 1.93 bits per heavy atom. The van der Waals surface area contributed by atoms with E-state index in [-0.39, 0.29) is 18.3 Å². The number of furan rings is 1. The number of hydrazone groups is 1. The number of carbonyl (C=O) groups excluding carboxylic acids is 1. The Hall–Kier alpha value is -3.41. The molecular weight excluding hydrogens is 371 g/mol. The molecule has 1 N–H and O–H groups in total. The Kier molecular flexibility index (Phi) is 6.44. The molecule has 3 rings (SSSR count). The van der Waals surface area contributed by atoms with Crippen LogP contribution in [0.5, 0.6) is 5.75 Å². The van der Waals surface area contributed by atoms with E-state index in [1.54, 1.807) is 24.3 Å². The third-order valence-corrected chi connectivity index (χ3v) is 4.29. The maximum atomic E-state index is 13.0. The van der Waals surface area contributed by atoms with Crippen molar-refractivity contribution in [2.24, 2.45) is 5.10 Å². The molecule has 6 heteroatoms. The molecule has 0 aliphatic rings. The monoisotopic (exact) mass is 394 g/mol. The van der Waals surface area contributed by atoms with Crippen LogP contribution in [0, 0.1) is 12.7 Å². The Balaban J connectivity index is 1.54. The number of aryl methyl sites for hydroxylation is 1. The first-order valence-corrected chi connectivity index (χ1v) is 9.33. The maximum Gasteiger partial charge on any atom is 0.277 e. The minimum atomic E-state index is -0.372. The molecular formula is C23H23FN2O3. The predicted octanol–water partition coefficient (Wildman–Crippen LogP) is 5.05. The average molecular weight is 394 g/mol. The van der Waals surface area contributed by atoms with E-state index in [9.17, 15) is 9.18 Å². The van der Waals surface area contributed by atoms with Gasteiger partial charge in [0.1, 0.15) is 23.1 Å². The lowest BCUT2D eigenvalue weighted by Crippen LogP contribution is -2.24. The van der Waals surface area contributed by atoms with Crippen LogP contribution in [0.4, 0.5) is 4.39 Å². The second-order valence-electron chi connectivity index (χ2n) is 6.99. The maximum absolute atomic E-state index is 13.0. The molecule has 0 saturated heterocycles. The number of hydrogen-bond acceptors (Lipinski definition) is 4. The molecule has 29 heavy (non-hydrogen) atoms. The predicted molar refractivity (Wildman–Crippen MR) is 111 cm³/mol. The molecule has 0 atom stereocenters. The molecule has 5 nitrogen and oxygen atoms in total. The van der Waals surface area contributed by atoms with Gasteiger partial charge in [-0.05, 0) is 66.4 Å². The zero-order valence-electron chi connectivity index (χ0n) is 16.6. The highest BCUT2D eigenvalue weighted by atomic mass is 19.1. The summed E-state index contributed by atoms with van der Waals surface area (Å²) < 4.78 is 24.3. The molecule has 0 fully saturated rings. The van der Waals surface area contributed by atoms with Crippen molar-refractivity contribution in [3.8, 4) is 17.1 Å². The van der Waals surface area contributed by atoms with Gasteiger partial charge in [-0.3, -0.25) is 4.79 Å². The van der Waals surface area contributed by atoms with Gasteiger partial charge < -0.3 is 9.15 Å². The fraction of sp³-hybridized carbons (Fsp3) is 0.217. The molecule has 0 saturated carbocycles. The second kappa shape index (κ2) is 9.19. The van der Waals surface area contributed by atoms with Crippen molar-refractivity contribution < 1.29 is 18.3 Å². The fourth-order valence-corrected chi connectivity index (χ4v) is 2.78. The van der Waals surface area contributed by atoms with Gasteiger partial charge in [0.15, 0.2) is 6.61 Å². The highest BCUT2D eigenvalue weighted by Crippen LogP contribution is 2.27. The summed E-state index contributed by atoms with van der Waals surface area (Å²) in [7, 11) is 0. The van der Waals surface area contributed by atoms with Crippen molar-refractivity contribution in [1.29, 1.82) is 0 Å². The first-order chi connectivity index (χ1) is 13.9. The molecule has 1 heterocycles. The quantitative estimate of drug-likeness (QED) is 0.451. The average Bonchev–Trinajstić information content (AvgIpc) is 3.15. The largest absolute Gasteiger partial charge is 0.483 e. The number of nitrogens with zero attached hydrogens (tertiary/aromatic N) is 1. The van der Waals surface area contributed by atoms with E-state index in [0.717, 1.165) is 16.7 Å². The van der Waals surface area contributed by atoms with Crippen molar-refractivity contribution >= 4 is 12.1 Å². The lowest BCUT2D eigenvalue weighted by molar-refractivity contribution is -0.123. The van der Waals surface area contributed by atoms with Crippen molar-refractivity contribution in [1.82, 2.24) is 5.43 Å². The van der Waals surface area contributed by atoms with Crippen LogP contribution in [-0.2, 0) is 4.79 Å². The van der Waals surface area contributed by atoms with Crippen molar-refractivity contribution in [3.05, 3.63) is 77.3 Å². The molecule has 0 bridgehead atoms. The van der Waals surface area contributed by atoms with E-state index < -0.39 is 0 Å². The number of benzene rings is 2. The summed E-state index contributed by atoms with van der Waals surface area (Å²) in [5.41, 5.74) is 5.29. The van der Waals surface area contributed by atoms with E-state index >= 15 is 0 Å². The van der Waals surface area contributed by atoms with Crippen LogP contribution in [-0.4, -0.2) is 18.7 Å². The number of halogens is 1. The summed E-state index contributed by atoms with van der Waals surface area (Å²) in [5, 5.41) is 3.89. The van der Waals surface area contributed by atoms with Crippen LogP contribution >= 0.6 is 0 Å². The molecule has 1 aromatic heterocycles. The normalized spacial score (nSPS) is 11.2. The van der Waals surface area contributed by atoms with Crippen molar-refractivity contribution in [3.63, 3.8) is 0 Å². The summed E-state index contributed by atoms with van der Waals surface area (Å²) in [4.78, 5) is 12.0. The Labute approximate surface area is 169 Å². The lowest BCUT2D eigenvalue weighted by atomic mass is 10.0. The smallest absolute Gasteiger partial charge is 0.277 e. The van der Waals surface area contributed by atoms with E-state index in [1.807, 2.05) is 25.1 Å². The summed E-state index contributed by atoms with van der Waals surface area (Å²) in [6.07, 6.45) is 1.40. The van der Waals surface area contributed by atoms with E-state index in [1.165, 1.54) is 18.3 Å². The van der Waals surface area contributed by atoms with Gasteiger partial charge in [-0.2, -0.15) is 5.10 Å². The minimum Gasteiger partial charge on any atom is -0.483 e. The van der Waals surface area contributed by atoms with Gasteiger partial charge in [-0.25, -0.2) is 9.82 Å². The number of amides is 1. The van der Waals surface area contributed by atoms with E-state index in [2.05, 4.69) is 24.4 Å². The molecule has 0 unspecified atom stereocenters. The molecule has 0 spiro atoms. The van der Waals surface area contributed by atoms with Gasteiger partial charge in [-0.15, -0.1) is 0 Å². The van der Waals surface area contributed by atoms with Crippen molar-refractivity contribution in [2.75, 3.05) is 6.61 Å². The minimum absolute atomic E-state index is 0.139. The molecule has 0 radical (unpaired) electrons. The fourth-order valence-electron chi connectivity index (χ4n) is 2.78. The van der Waals surface area contributed by atoms with Gasteiger partial charge in [0, 0.05) is 5.56 Å². The third kappa shape index (κ3) is 5.54. The van der Waals surface area contributed by atoms with Crippen LogP contribution in [0.25, 0.3) is 11.3 Å². The number of carbonyl (C=O) groups is 1. The summed E-state index contributed by atoms with van der Waals surface area (Å²) >= 11 is 0. The van der Waals surface area contributed by atoms with Crippen LogP contribution in [0.3, 0.4) is 0 Å². The van der Waals surface area contributed by atoms with Crippen LogP contribution in [0.15, 0.2) is 64.1 Å². The lowest BCUT2D eigenvalue weighted by Gasteiger charge is -2.14. The van der Waals surface area contributed by atoms with Gasteiger partial charge in [0.25, 0.3) is 5.91 Å². The first kappa shape index (κ1) is 20.3. The highest BCUT2D eigenvalue weighted by molar-refractivity contribution is 5.81. The summed E-state index contributed by atoms with van der Waals surface area (Å²) in [6.45, 7) is 5.99.